The van der Waals surface area contributed by atoms with E-state index in [1.807, 2.05) is 0 Å². The summed E-state index contributed by atoms with van der Waals surface area (Å²) in [7, 11) is -5.17. The maximum atomic E-state index is 14.4. The molecule has 0 saturated heterocycles. The Bertz CT molecular complexity index is 1310. The molecule has 3 aromatic rings. The molecule has 0 spiro atoms. The summed E-state index contributed by atoms with van der Waals surface area (Å²) in [6.45, 7) is 0.554. The quantitative estimate of drug-likeness (QED) is 0.183. The van der Waals surface area contributed by atoms with Gasteiger partial charge >= 0.3 is 0 Å². The highest BCUT2D eigenvalue weighted by molar-refractivity contribution is 7.89. The molecule has 10 heteroatoms. The predicted molar refractivity (Wildman–Crippen MR) is 115 cm³/mol. The van der Waals surface area contributed by atoms with Gasteiger partial charge in [0.05, 0.1) is 0 Å². The number of allylic oxidation sites excluding steroid dienone is 1. The largest absolute Gasteiger partial charge is 0.295 e. The Kier molecular flexibility index (Phi) is 7.63. The molecule has 4 nitrogen and oxygen atoms in total. The van der Waals surface area contributed by atoms with Crippen LogP contribution in [0, 0.1) is 29.1 Å². The number of carbonyl (C=O) groups excluding carboxylic acids is 1. The Hall–Kier alpha value is -3.37. The summed E-state index contributed by atoms with van der Waals surface area (Å²) < 4.78 is 96.7. The van der Waals surface area contributed by atoms with Crippen LogP contribution < -0.4 is 0 Å². The standard InChI is InChI=1S/C24H18F5NO3S/c1-15(31)7-8-16-9-11-18(12-10-16)14-30(13-17-5-3-2-4-6-17)34(32,33)24-22(28)20(26)19(25)21(27)23(24)29/h2-12H,13-14H2,1H3/b8-7+. The zero-order valence-corrected chi connectivity index (χ0v) is 18.6. The van der Waals surface area contributed by atoms with Gasteiger partial charge in [0.1, 0.15) is 0 Å². The second kappa shape index (κ2) is 10.3. The molecule has 0 aliphatic rings. The van der Waals surface area contributed by atoms with Gasteiger partial charge in [0.2, 0.25) is 15.8 Å². The van der Waals surface area contributed by atoms with Gasteiger partial charge in [0, 0.05) is 13.1 Å². The van der Waals surface area contributed by atoms with E-state index in [-0.39, 0.29) is 5.78 Å². The monoisotopic (exact) mass is 495 g/mol. The van der Waals surface area contributed by atoms with Crippen LogP contribution in [-0.4, -0.2) is 18.5 Å². The average Bonchev–Trinajstić information content (AvgIpc) is 2.81. The molecule has 0 aromatic heterocycles. The number of halogens is 5. The topological polar surface area (TPSA) is 54.5 Å². The molecule has 0 fully saturated rings. The molecule has 0 radical (unpaired) electrons. The third-order valence-electron chi connectivity index (χ3n) is 4.82. The van der Waals surface area contributed by atoms with Crippen LogP contribution in [0.15, 0.2) is 65.6 Å². The van der Waals surface area contributed by atoms with Crippen LogP contribution in [0.25, 0.3) is 6.08 Å². The minimum Gasteiger partial charge on any atom is -0.295 e. The zero-order chi connectivity index (χ0) is 25.0. The smallest absolute Gasteiger partial charge is 0.249 e. The molecule has 3 aromatic carbocycles. The Balaban J connectivity index is 2.06. The van der Waals surface area contributed by atoms with Crippen molar-refractivity contribution in [1.29, 1.82) is 0 Å². The lowest BCUT2D eigenvalue weighted by molar-refractivity contribution is -0.112. The molecule has 0 amide bonds. The van der Waals surface area contributed by atoms with Crippen LogP contribution in [0.1, 0.15) is 23.6 Å². The van der Waals surface area contributed by atoms with Gasteiger partial charge in [-0.2, -0.15) is 4.31 Å². The van der Waals surface area contributed by atoms with Crippen LogP contribution in [0.4, 0.5) is 22.0 Å². The summed E-state index contributed by atoms with van der Waals surface area (Å²) in [6, 6.07) is 14.2. The summed E-state index contributed by atoms with van der Waals surface area (Å²) in [6.07, 6.45) is 2.88. The lowest BCUT2D eigenvalue weighted by atomic mass is 10.1. The van der Waals surface area contributed by atoms with E-state index in [4.69, 9.17) is 0 Å². The Morgan fingerprint density at radius 3 is 1.74 bits per heavy atom. The van der Waals surface area contributed by atoms with Gasteiger partial charge in [-0.05, 0) is 29.7 Å². The van der Waals surface area contributed by atoms with Crippen molar-refractivity contribution in [3.8, 4) is 0 Å². The van der Waals surface area contributed by atoms with Gasteiger partial charge in [-0.25, -0.2) is 30.4 Å². The highest BCUT2D eigenvalue weighted by Gasteiger charge is 2.37. The van der Waals surface area contributed by atoms with E-state index in [1.54, 1.807) is 48.5 Å². The summed E-state index contributed by atoms with van der Waals surface area (Å²) in [5.74, 6) is -12.2. The number of nitrogens with zero attached hydrogens (tertiary/aromatic N) is 1. The first-order valence-corrected chi connectivity index (χ1v) is 11.3. The third-order valence-corrected chi connectivity index (χ3v) is 6.63. The van der Waals surface area contributed by atoms with E-state index >= 15 is 0 Å². The molecule has 0 heterocycles. The van der Waals surface area contributed by atoms with Gasteiger partial charge < -0.3 is 0 Å². The van der Waals surface area contributed by atoms with E-state index in [0.717, 1.165) is 0 Å². The number of hydrogen-bond donors (Lipinski definition) is 0. The minimum atomic E-state index is -5.17. The minimum absolute atomic E-state index is 0.174. The molecule has 0 aliphatic carbocycles. The number of carbonyl (C=O) groups is 1. The van der Waals surface area contributed by atoms with Crippen molar-refractivity contribution < 1.29 is 35.2 Å². The van der Waals surface area contributed by atoms with Crippen LogP contribution in [0.3, 0.4) is 0 Å². The molecule has 3 rings (SSSR count). The van der Waals surface area contributed by atoms with Gasteiger partial charge in [0.15, 0.2) is 33.9 Å². The first-order valence-electron chi connectivity index (χ1n) is 9.85. The first-order chi connectivity index (χ1) is 16.0. The van der Waals surface area contributed by atoms with Crippen molar-refractivity contribution in [3.63, 3.8) is 0 Å². The van der Waals surface area contributed by atoms with E-state index in [1.165, 1.54) is 25.1 Å². The molecule has 0 unspecified atom stereocenters. The first kappa shape index (κ1) is 25.3. The van der Waals surface area contributed by atoms with Crippen molar-refractivity contribution in [1.82, 2.24) is 4.31 Å². The van der Waals surface area contributed by atoms with Gasteiger partial charge in [-0.15, -0.1) is 0 Å². The van der Waals surface area contributed by atoms with Gasteiger partial charge in [-0.1, -0.05) is 60.7 Å². The van der Waals surface area contributed by atoms with E-state index in [0.29, 0.717) is 21.0 Å². The van der Waals surface area contributed by atoms with Crippen molar-refractivity contribution in [3.05, 3.63) is 106 Å². The lowest BCUT2D eigenvalue weighted by Gasteiger charge is -2.23. The molecular formula is C24H18F5NO3S. The molecule has 0 aliphatic heterocycles. The van der Waals surface area contributed by atoms with Crippen molar-refractivity contribution >= 4 is 21.9 Å². The van der Waals surface area contributed by atoms with Crippen molar-refractivity contribution in [2.45, 2.75) is 24.9 Å². The van der Waals surface area contributed by atoms with Crippen LogP contribution >= 0.6 is 0 Å². The molecular weight excluding hydrogens is 477 g/mol. The predicted octanol–water partition coefficient (Wildman–Crippen LogP) is 5.38. The highest BCUT2D eigenvalue weighted by atomic mass is 32.2. The van der Waals surface area contributed by atoms with Crippen molar-refractivity contribution in [2.24, 2.45) is 0 Å². The molecule has 178 valence electrons. The third kappa shape index (κ3) is 5.40. The Morgan fingerprint density at radius 2 is 1.24 bits per heavy atom. The van der Waals surface area contributed by atoms with Crippen LogP contribution in [0.5, 0.6) is 0 Å². The van der Waals surface area contributed by atoms with Crippen LogP contribution in [0.2, 0.25) is 0 Å². The highest BCUT2D eigenvalue weighted by Crippen LogP contribution is 2.30. The average molecular weight is 495 g/mol. The normalized spacial score (nSPS) is 12.0. The van der Waals surface area contributed by atoms with E-state index in [9.17, 15) is 35.2 Å². The number of hydrogen-bond acceptors (Lipinski definition) is 3. The number of benzene rings is 3. The van der Waals surface area contributed by atoms with E-state index in [2.05, 4.69) is 0 Å². The summed E-state index contributed by atoms with van der Waals surface area (Å²) in [4.78, 5) is 9.16. The molecule has 0 bridgehead atoms. The fourth-order valence-electron chi connectivity index (χ4n) is 3.10. The van der Waals surface area contributed by atoms with Crippen molar-refractivity contribution in [2.75, 3.05) is 0 Å². The second-order valence-electron chi connectivity index (χ2n) is 7.34. The number of rotatable bonds is 8. The molecule has 0 N–H and O–H groups in total. The Labute approximate surface area is 193 Å². The van der Waals surface area contributed by atoms with Gasteiger partial charge in [-0.3, -0.25) is 4.79 Å². The maximum absolute atomic E-state index is 14.4. The summed E-state index contributed by atoms with van der Waals surface area (Å²) in [5, 5.41) is 0. The molecule has 0 atom stereocenters. The lowest BCUT2D eigenvalue weighted by Crippen LogP contribution is -2.32. The van der Waals surface area contributed by atoms with Gasteiger partial charge in [0.25, 0.3) is 0 Å². The SMILES string of the molecule is CC(=O)/C=C/c1ccc(CN(Cc2ccccc2)S(=O)(=O)c2c(F)c(F)c(F)c(F)c2F)cc1. The second-order valence-corrected chi connectivity index (χ2v) is 9.22. The van der Waals surface area contributed by atoms with E-state index < -0.39 is 57.1 Å². The summed E-state index contributed by atoms with van der Waals surface area (Å²) in [5.41, 5.74) is 1.44. The van der Waals surface area contributed by atoms with Crippen LogP contribution in [-0.2, 0) is 27.9 Å². The number of sulfonamides is 1. The Morgan fingerprint density at radius 1 is 0.765 bits per heavy atom. The fourth-order valence-corrected chi connectivity index (χ4v) is 4.63. The zero-order valence-electron chi connectivity index (χ0n) is 17.7. The number of ketones is 1. The molecule has 0 saturated carbocycles. The summed E-state index contributed by atoms with van der Waals surface area (Å²) >= 11 is 0. The maximum Gasteiger partial charge on any atom is 0.249 e. The molecule has 34 heavy (non-hydrogen) atoms. The fraction of sp³-hybridized carbons (Fsp3) is 0.125.